The van der Waals surface area contributed by atoms with Crippen molar-refractivity contribution in [3.63, 3.8) is 0 Å². The highest BCUT2D eigenvalue weighted by atomic mass is 16.5. The Hall–Kier alpha value is -2.60. The number of likely N-dealkylation sites (tertiary alicyclic amines) is 1. The van der Waals surface area contributed by atoms with Crippen molar-refractivity contribution >= 4 is 0 Å². The van der Waals surface area contributed by atoms with Crippen LogP contribution in [0.15, 0.2) is 51.5 Å². The maximum absolute atomic E-state index is 5.90. The molecular weight excluding hydrogens is 306 g/mol. The molecule has 0 aliphatic carbocycles. The fourth-order valence-corrected chi connectivity index (χ4v) is 3.05. The Labute approximate surface area is 140 Å². The van der Waals surface area contributed by atoms with Crippen LogP contribution in [-0.4, -0.2) is 35.3 Å². The van der Waals surface area contributed by atoms with Gasteiger partial charge in [0.2, 0.25) is 11.8 Å². The topological polar surface area (TPSA) is 64.5 Å². The second-order valence-corrected chi connectivity index (χ2v) is 5.97. The Morgan fingerprint density at radius 1 is 1.21 bits per heavy atom. The van der Waals surface area contributed by atoms with Gasteiger partial charge in [-0.15, -0.1) is 10.2 Å². The lowest BCUT2D eigenvalue weighted by atomic mass is 10.1. The molecule has 0 N–H and O–H groups in total. The van der Waals surface area contributed by atoms with Crippen LogP contribution in [0.1, 0.15) is 24.0 Å². The predicted octanol–water partition coefficient (Wildman–Crippen LogP) is 3.33. The maximum atomic E-state index is 5.90. The van der Waals surface area contributed by atoms with Gasteiger partial charge >= 0.3 is 0 Å². The zero-order valence-electron chi connectivity index (χ0n) is 13.5. The molecule has 2 aromatic heterocycles. The average Bonchev–Trinajstić information content (AvgIpc) is 3.37. The van der Waals surface area contributed by atoms with Crippen molar-refractivity contribution in [3.8, 4) is 17.2 Å². The van der Waals surface area contributed by atoms with Gasteiger partial charge in [-0.3, -0.25) is 4.90 Å². The van der Waals surface area contributed by atoms with Gasteiger partial charge in [0.15, 0.2) is 0 Å². The maximum Gasteiger partial charge on any atom is 0.247 e. The number of ether oxygens (including phenoxy) is 1. The number of aromatic nitrogens is 2. The van der Waals surface area contributed by atoms with Crippen LogP contribution in [0.25, 0.3) is 11.5 Å². The Bertz CT molecular complexity index is 780. The third-order valence-corrected chi connectivity index (χ3v) is 4.36. The van der Waals surface area contributed by atoms with Crippen LogP contribution in [0.2, 0.25) is 0 Å². The van der Waals surface area contributed by atoms with E-state index in [0.29, 0.717) is 11.8 Å². The molecule has 1 aliphatic heterocycles. The van der Waals surface area contributed by atoms with Crippen molar-refractivity contribution < 1.29 is 13.6 Å². The fraction of sp³-hybridized carbons (Fsp3) is 0.333. The van der Waals surface area contributed by atoms with E-state index in [9.17, 15) is 0 Å². The molecule has 1 unspecified atom stereocenters. The number of benzene rings is 1. The molecule has 3 aromatic rings. The number of hydrogen-bond donors (Lipinski definition) is 0. The summed E-state index contributed by atoms with van der Waals surface area (Å²) in [4.78, 5) is 2.35. The second-order valence-electron chi connectivity index (χ2n) is 5.97. The molecule has 4 rings (SSSR count). The second kappa shape index (κ2) is 6.49. The summed E-state index contributed by atoms with van der Waals surface area (Å²) in [7, 11) is 1.65. The molecule has 124 valence electrons. The minimum Gasteiger partial charge on any atom is -0.497 e. The monoisotopic (exact) mass is 325 g/mol. The van der Waals surface area contributed by atoms with Crippen LogP contribution in [0, 0.1) is 0 Å². The molecule has 24 heavy (non-hydrogen) atoms. The third-order valence-electron chi connectivity index (χ3n) is 4.36. The third kappa shape index (κ3) is 3.05. The molecule has 1 aromatic carbocycles. The van der Waals surface area contributed by atoms with Crippen molar-refractivity contribution in [1.29, 1.82) is 0 Å². The summed E-state index contributed by atoms with van der Waals surface area (Å²) in [6, 6.07) is 11.5. The minimum atomic E-state index is 0.277. The highest BCUT2D eigenvalue weighted by molar-refractivity contribution is 5.54. The molecule has 1 aliphatic rings. The van der Waals surface area contributed by atoms with Crippen molar-refractivity contribution in [2.24, 2.45) is 0 Å². The summed E-state index contributed by atoms with van der Waals surface area (Å²) in [6.07, 6.45) is 2.73. The zero-order valence-corrected chi connectivity index (χ0v) is 13.5. The van der Waals surface area contributed by atoms with E-state index in [1.54, 1.807) is 13.4 Å². The number of hydrogen-bond acceptors (Lipinski definition) is 6. The lowest BCUT2D eigenvalue weighted by molar-refractivity contribution is 0.290. The van der Waals surface area contributed by atoms with E-state index >= 15 is 0 Å². The summed E-state index contributed by atoms with van der Waals surface area (Å²) in [5, 5.41) is 8.44. The van der Waals surface area contributed by atoms with Gasteiger partial charge in [0.25, 0.3) is 0 Å². The van der Waals surface area contributed by atoms with Gasteiger partial charge in [-0.2, -0.15) is 0 Å². The Kier molecular flexibility index (Phi) is 4.04. The highest BCUT2D eigenvalue weighted by Gasteiger charge is 2.28. The first kappa shape index (κ1) is 15.0. The number of methoxy groups -OCH3 is 1. The van der Waals surface area contributed by atoms with Gasteiger partial charge in [0, 0.05) is 12.1 Å². The Balaban J connectivity index is 1.43. The van der Waals surface area contributed by atoms with E-state index in [1.165, 1.54) is 0 Å². The standard InChI is InChI=1S/C18H19N3O3/c1-22-15-6-4-13(5-7-15)17-19-20-18(24-17)14-8-9-21(11-14)12-16-3-2-10-23-16/h2-7,10,14H,8-9,11-12H2,1H3. The first-order valence-corrected chi connectivity index (χ1v) is 8.04. The molecule has 1 atom stereocenters. The Morgan fingerprint density at radius 3 is 2.83 bits per heavy atom. The van der Waals surface area contributed by atoms with E-state index in [4.69, 9.17) is 13.6 Å². The molecule has 1 saturated heterocycles. The normalized spacial score (nSPS) is 18.1. The quantitative estimate of drug-likeness (QED) is 0.717. The smallest absolute Gasteiger partial charge is 0.247 e. The van der Waals surface area contributed by atoms with E-state index in [2.05, 4.69) is 15.1 Å². The van der Waals surface area contributed by atoms with Gasteiger partial charge < -0.3 is 13.6 Å². The first-order valence-electron chi connectivity index (χ1n) is 8.04. The van der Waals surface area contributed by atoms with Gasteiger partial charge in [0.05, 0.1) is 25.8 Å². The summed E-state index contributed by atoms with van der Waals surface area (Å²) in [5.41, 5.74) is 0.903. The van der Waals surface area contributed by atoms with Gasteiger partial charge in [-0.05, 0) is 49.4 Å². The predicted molar refractivity (Wildman–Crippen MR) is 87.6 cm³/mol. The van der Waals surface area contributed by atoms with Crippen LogP contribution in [0.5, 0.6) is 5.75 Å². The summed E-state index contributed by atoms with van der Waals surface area (Å²) in [6.45, 7) is 2.74. The molecule has 6 nitrogen and oxygen atoms in total. The molecule has 0 radical (unpaired) electrons. The van der Waals surface area contributed by atoms with Gasteiger partial charge in [0.1, 0.15) is 11.5 Å². The number of nitrogens with zero attached hydrogens (tertiary/aromatic N) is 3. The van der Waals surface area contributed by atoms with Crippen LogP contribution in [-0.2, 0) is 6.54 Å². The van der Waals surface area contributed by atoms with E-state index < -0.39 is 0 Å². The number of rotatable bonds is 5. The molecule has 6 heteroatoms. The highest BCUT2D eigenvalue weighted by Crippen LogP contribution is 2.30. The molecular formula is C18H19N3O3. The van der Waals surface area contributed by atoms with Crippen molar-refractivity contribution in [2.45, 2.75) is 18.9 Å². The average molecular weight is 325 g/mol. The summed E-state index contributed by atoms with van der Waals surface area (Å²) < 4.78 is 16.5. The van der Waals surface area contributed by atoms with Crippen LogP contribution in [0.4, 0.5) is 0 Å². The largest absolute Gasteiger partial charge is 0.497 e. The first-order chi connectivity index (χ1) is 11.8. The summed E-state index contributed by atoms with van der Waals surface area (Å²) >= 11 is 0. The SMILES string of the molecule is COc1ccc(-c2nnc(C3CCN(Cc4ccco4)C3)o2)cc1. The molecule has 0 amide bonds. The van der Waals surface area contributed by atoms with Crippen LogP contribution in [0.3, 0.4) is 0 Å². The lowest BCUT2D eigenvalue weighted by Gasteiger charge is -2.12. The van der Waals surface area contributed by atoms with Crippen LogP contribution < -0.4 is 4.74 Å². The van der Waals surface area contributed by atoms with Crippen molar-refractivity contribution in [3.05, 3.63) is 54.3 Å². The van der Waals surface area contributed by atoms with Gasteiger partial charge in [-0.1, -0.05) is 0 Å². The fourth-order valence-electron chi connectivity index (χ4n) is 3.05. The number of furan rings is 1. The molecule has 0 saturated carbocycles. The molecule has 3 heterocycles. The molecule has 0 bridgehead atoms. The summed E-state index contributed by atoms with van der Waals surface area (Å²) in [5.74, 6) is 3.34. The van der Waals surface area contributed by atoms with Gasteiger partial charge in [-0.25, -0.2) is 0 Å². The van der Waals surface area contributed by atoms with Crippen LogP contribution >= 0.6 is 0 Å². The van der Waals surface area contributed by atoms with Crippen molar-refractivity contribution in [1.82, 2.24) is 15.1 Å². The van der Waals surface area contributed by atoms with Crippen molar-refractivity contribution in [2.75, 3.05) is 20.2 Å². The van der Waals surface area contributed by atoms with E-state index in [0.717, 1.165) is 43.1 Å². The molecule has 0 spiro atoms. The lowest BCUT2D eigenvalue weighted by Crippen LogP contribution is -2.19. The zero-order chi connectivity index (χ0) is 16.4. The Morgan fingerprint density at radius 2 is 2.08 bits per heavy atom. The minimum absolute atomic E-state index is 0.277. The van der Waals surface area contributed by atoms with E-state index in [-0.39, 0.29) is 5.92 Å². The molecule has 1 fully saturated rings. The van der Waals surface area contributed by atoms with E-state index in [1.807, 2.05) is 36.4 Å².